The van der Waals surface area contributed by atoms with Crippen LogP contribution in [0.25, 0.3) is 0 Å². The van der Waals surface area contributed by atoms with Gasteiger partial charge in [0.2, 0.25) is 0 Å². The van der Waals surface area contributed by atoms with Gasteiger partial charge in [-0.15, -0.1) is 0 Å². The predicted molar refractivity (Wildman–Crippen MR) is 54.5 cm³/mol. The Morgan fingerprint density at radius 2 is 2.00 bits per heavy atom. The van der Waals surface area contributed by atoms with Crippen molar-refractivity contribution in [3.8, 4) is 0 Å². The average molecular weight is 161 g/mol. The molecule has 1 nitrogen and oxygen atoms in total. The summed E-state index contributed by atoms with van der Waals surface area (Å²) in [6, 6.07) is 4.32. The fraction of sp³-hybridized carbons (Fsp3) is 0.364. The van der Waals surface area contributed by atoms with Crippen LogP contribution in [0.4, 0.5) is 5.69 Å². The molecule has 0 aliphatic carbocycles. The highest BCUT2D eigenvalue weighted by molar-refractivity contribution is 5.58. The molecular formula is C11H15N. The highest BCUT2D eigenvalue weighted by Crippen LogP contribution is 2.25. The van der Waals surface area contributed by atoms with Gasteiger partial charge in [-0.05, 0) is 38.1 Å². The Labute approximate surface area is 74.2 Å². The number of hydrogen-bond donors (Lipinski definition) is 0. The number of benzene rings is 1. The van der Waals surface area contributed by atoms with Gasteiger partial charge in [-0.25, -0.2) is 0 Å². The first-order valence-corrected chi connectivity index (χ1v) is 4.26. The second-order valence-corrected chi connectivity index (χ2v) is 3.10. The van der Waals surface area contributed by atoms with Crippen molar-refractivity contribution < 1.29 is 0 Å². The minimum Gasteiger partial charge on any atom is -0.264 e. The summed E-state index contributed by atoms with van der Waals surface area (Å²) < 4.78 is 0. The van der Waals surface area contributed by atoms with Crippen LogP contribution in [0.2, 0.25) is 0 Å². The predicted octanol–water partition coefficient (Wildman–Crippen LogP) is 3.20. The number of hydrogen-bond acceptors (Lipinski definition) is 1. The van der Waals surface area contributed by atoms with Crippen molar-refractivity contribution in [1.29, 1.82) is 0 Å². The minimum absolute atomic E-state index is 1.02. The molecule has 0 N–H and O–H groups in total. The molecule has 64 valence electrons. The smallest absolute Gasteiger partial charge is 0.0683 e. The minimum atomic E-state index is 1.02. The summed E-state index contributed by atoms with van der Waals surface area (Å²) in [5.74, 6) is 0. The maximum absolute atomic E-state index is 4.03. The molecule has 0 amide bonds. The molecule has 0 bridgehead atoms. The zero-order chi connectivity index (χ0) is 9.14. The zero-order valence-corrected chi connectivity index (χ0v) is 8.02. The van der Waals surface area contributed by atoms with E-state index in [2.05, 4.69) is 44.6 Å². The van der Waals surface area contributed by atoms with Gasteiger partial charge in [-0.3, -0.25) is 4.99 Å². The molecule has 0 aromatic heterocycles. The van der Waals surface area contributed by atoms with E-state index in [1.807, 2.05) is 0 Å². The Hall–Kier alpha value is -1.11. The number of rotatable bonds is 2. The van der Waals surface area contributed by atoms with Gasteiger partial charge in [-0.1, -0.05) is 24.6 Å². The molecule has 0 saturated heterocycles. The van der Waals surface area contributed by atoms with Gasteiger partial charge in [0.05, 0.1) is 5.69 Å². The molecule has 0 spiro atoms. The molecule has 0 fully saturated rings. The monoisotopic (exact) mass is 161 g/mol. The average Bonchev–Trinajstić information content (AvgIpc) is 2.03. The van der Waals surface area contributed by atoms with Crippen molar-refractivity contribution in [2.24, 2.45) is 4.99 Å². The van der Waals surface area contributed by atoms with Gasteiger partial charge in [0.15, 0.2) is 0 Å². The van der Waals surface area contributed by atoms with Crippen LogP contribution in [0.15, 0.2) is 17.1 Å². The molecule has 0 heterocycles. The summed E-state index contributed by atoms with van der Waals surface area (Å²) in [5.41, 5.74) is 4.88. The van der Waals surface area contributed by atoms with E-state index in [1.54, 1.807) is 0 Å². The lowest BCUT2D eigenvalue weighted by Gasteiger charge is -2.07. The molecule has 0 radical (unpaired) electrons. The van der Waals surface area contributed by atoms with E-state index in [0.29, 0.717) is 0 Å². The van der Waals surface area contributed by atoms with Crippen LogP contribution in [0.1, 0.15) is 23.6 Å². The van der Waals surface area contributed by atoms with Crippen LogP contribution in [0.3, 0.4) is 0 Å². The molecule has 1 rings (SSSR count). The van der Waals surface area contributed by atoms with Gasteiger partial charge in [-0.2, -0.15) is 0 Å². The normalized spacial score (nSPS) is 9.92. The van der Waals surface area contributed by atoms with E-state index >= 15 is 0 Å². The molecular weight excluding hydrogens is 146 g/mol. The number of nitrogens with zero attached hydrogens (tertiary/aromatic N) is 1. The van der Waals surface area contributed by atoms with Crippen molar-refractivity contribution in [2.45, 2.75) is 27.2 Å². The molecule has 0 aliphatic rings. The van der Waals surface area contributed by atoms with E-state index < -0.39 is 0 Å². The Bertz CT molecular complexity index is 300. The van der Waals surface area contributed by atoms with Crippen molar-refractivity contribution in [1.82, 2.24) is 0 Å². The highest BCUT2D eigenvalue weighted by Gasteiger charge is 2.02. The summed E-state index contributed by atoms with van der Waals surface area (Å²) in [5, 5.41) is 0. The third-order valence-corrected chi connectivity index (χ3v) is 2.06. The topological polar surface area (TPSA) is 12.4 Å². The van der Waals surface area contributed by atoms with Crippen molar-refractivity contribution in [3.05, 3.63) is 28.8 Å². The zero-order valence-electron chi connectivity index (χ0n) is 8.02. The van der Waals surface area contributed by atoms with Crippen molar-refractivity contribution in [2.75, 3.05) is 0 Å². The quantitative estimate of drug-likeness (QED) is 0.591. The van der Waals surface area contributed by atoms with Crippen LogP contribution in [0.5, 0.6) is 0 Å². The summed E-state index contributed by atoms with van der Waals surface area (Å²) in [4.78, 5) is 4.03. The Balaban J connectivity index is 3.33. The second-order valence-electron chi connectivity index (χ2n) is 3.10. The van der Waals surface area contributed by atoms with Gasteiger partial charge in [0.25, 0.3) is 0 Å². The van der Waals surface area contributed by atoms with E-state index in [0.717, 1.165) is 12.1 Å². The van der Waals surface area contributed by atoms with Gasteiger partial charge in [0, 0.05) is 0 Å². The first kappa shape index (κ1) is 8.98. The Morgan fingerprint density at radius 3 is 2.50 bits per heavy atom. The lowest BCUT2D eigenvalue weighted by molar-refractivity contribution is 1.11. The van der Waals surface area contributed by atoms with Crippen molar-refractivity contribution >= 4 is 12.4 Å². The van der Waals surface area contributed by atoms with Crippen LogP contribution >= 0.6 is 0 Å². The third-order valence-electron chi connectivity index (χ3n) is 2.06. The first-order valence-electron chi connectivity index (χ1n) is 4.26. The summed E-state index contributed by atoms with van der Waals surface area (Å²) in [6.07, 6.45) is 1.02. The van der Waals surface area contributed by atoms with E-state index in [-0.39, 0.29) is 0 Å². The molecule has 1 aromatic carbocycles. The summed E-state index contributed by atoms with van der Waals surface area (Å²) in [6.45, 7) is 9.91. The van der Waals surface area contributed by atoms with Crippen LogP contribution < -0.4 is 0 Å². The Morgan fingerprint density at radius 1 is 1.33 bits per heavy atom. The molecule has 1 aromatic rings. The molecule has 12 heavy (non-hydrogen) atoms. The van der Waals surface area contributed by atoms with E-state index in [4.69, 9.17) is 0 Å². The summed E-state index contributed by atoms with van der Waals surface area (Å²) in [7, 11) is 0. The second kappa shape index (κ2) is 3.53. The first-order chi connectivity index (χ1) is 5.69. The maximum atomic E-state index is 4.03. The van der Waals surface area contributed by atoms with Crippen molar-refractivity contribution in [3.63, 3.8) is 0 Å². The maximum Gasteiger partial charge on any atom is 0.0683 e. The third kappa shape index (κ3) is 1.55. The van der Waals surface area contributed by atoms with Crippen LogP contribution in [-0.4, -0.2) is 6.72 Å². The largest absolute Gasteiger partial charge is 0.264 e. The highest BCUT2D eigenvalue weighted by atomic mass is 14.7. The molecule has 0 atom stereocenters. The van der Waals surface area contributed by atoms with Crippen LogP contribution in [-0.2, 0) is 6.42 Å². The van der Waals surface area contributed by atoms with E-state index in [1.165, 1.54) is 16.7 Å². The summed E-state index contributed by atoms with van der Waals surface area (Å²) >= 11 is 0. The fourth-order valence-electron chi connectivity index (χ4n) is 1.54. The lowest BCUT2D eigenvalue weighted by atomic mass is 10.0. The Kier molecular flexibility index (Phi) is 2.64. The molecule has 0 aliphatic heterocycles. The molecule has 0 unspecified atom stereocenters. The molecule has 0 saturated carbocycles. The number of aryl methyl sites for hydroxylation is 3. The van der Waals surface area contributed by atoms with Gasteiger partial charge >= 0.3 is 0 Å². The van der Waals surface area contributed by atoms with Gasteiger partial charge < -0.3 is 0 Å². The van der Waals surface area contributed by atoms with Gasteiger partial charge in [0.1, 0.15) is 0 Å². The van der Waals surface area contributed by atoms with Crippen LogP contribution in [0, 0.1) is 13.8 Å². The number of aliphatic imine (C=N–C) groups is 1. The lowest BCUT2D eigenvalue weighted by Crippen LogP contribution is -1.86. The SMILES string of the molecule is C=Nc1c(C)cc(C)cc1CC. The standard InChI is InChI=1S/C11H15N/c1-5-10-7-8(2)6-9(3)11(10)12-4/h6-7H,4-5H2,1-3H3. The molecule has 1 heteroatoms. The van der Waals surface area contributed by atoms with E-state index in [9.17, 15) is 0 Å². The fourth-order valence-corrected chi connectivity index (χ4v) is 1.54.